The Morgan fingerprint density at radius 3 is 2.61 bits per heavy atom. The number of methoxy groups -OCH3 is 1. The second-order valence-corrected chi connectivity index (χ2v) is 6.50. The highest BCUT2D eigenvalue weighted by molar-refractivity contribution is 6.33. The molecule has 0 spiro atoms. The van der Waals surface area contributed by atoms with Crippen molar-refractivity contribution >= 4 is 28.4 Å². The molecular formula is C18H19ClN2O2. The first-order valence-electron chi connectivity index (χ1n) is 7.44. The molecule has 0 aliphatic rings. The zero-order valence-corrected chi connectivity index (χ0v) is 14.1. The van der Waals surface area contributed by atoms with E-state index < -0.39 is 0 Å². The fraction of sp³-hybridized carbons (Fsp3) is 0.278. The Bertz CT molecular complexity index is 813. The molecule has 1 heterocycles. The van der Waals surface area contributed by atoms with E-state index in [1.807, 2.05) is 18.2 Å². The van der Waals surface area contributed by atoms with Crippen molar-refractivity contribution in [3.05, 3.63) is 53.1 Å². The molecule has 2 aromatic carbocycles. The SMILES string of the molecule is COc1c(Cl)ccc2onc(NCC(C)(C)c3ccccc3)c12. The third-order valence-corrected chi connectivity index (χ3v) is 4.30. The van der Waals surface area contributed by atoms with Gasteiger partial charge in [-0.3, -0.25) is 0 Å². The van der Waals surface area contributed by atoms with Gasteiger partial charge in [0.15, 0.2) is 17.2 Å². The average Bonchev–Trinajstić information content (AvgIpc) is 2.97. The van der Waals surface area contributed by atoms with E-state index in [-0.39, 0.29) is 5.41 Å². The summed E-state index contributed by atoms with van der Waals surface area (Å²) in [7, 11) is 1.59. The number of benzene rings is 2. The van der Waals surface area contributed by atoms with E-state index in [0.717, 1.165) is 5.39 Å². The molecule has 0 saturated carbocycles. The van der Waals surface area contributed by atoms with Gasteiger partial charge < -0.3 is 14.6 Å². The highest BCUT2D eigenvalue weighted by Gasteiger charge is 2.22. The van der Waals surface area contributed by atoms with E-state index in [0.29, 0.717) is 28.7 Å². The Morgan fingerprint density at radius 1 is 1.17 bits per heavy atom. The lowest BCUT2D eigenvalue weighted by Crippen LogP contribution is -2.27. The molecule has 0 radical (unpaired) electrons. The third-order valence-electron chi connectivity index (χ3n) is 4.00. The van der Waals surface area contributed by atoms with Crippen molar-refractivity contribution in [3.63, 3.8) is 0 Å². The Labute approximate surface area is 140 Å². The number of hydrogen-bond donors (Lipinski definition) is 1. The number of ether oxygens (including phenoxy) is 1. The number of halogens is 1. The van der Waals surface area contributed by atoms with Crippen molar-refractivity contribution in [2.75, 3.05) is 19.0 Å². The lowest BCUT2D eigenvalue weighted by Gasteiger charge is -2.25. The topological polar surface area (TPSA) is 47.3 Å². The zero-order valence-electron chi connectivity index (χ0n) is 13.4. The van der Waals surface area contributed by atoms with Crippen LogP contribution in [0.2, 0.25) is 5.02 Å². The van der Waals surface area contributed by atoms with Gasteiger partial charge in [0.05, 0.1) is 12.1 Å². The van der Waals surface area contributed by atoms with Gasteiger partial charge in [0, 0.05) is 12.0 Å². The number of anilines is 1. The Hall–Kier alpha value is -2.20. The Kier molecular flexibility index (Phi) is 4.18. The van der Waals surface area contributed by atoms with Gasteiger partial charge in [0.2, 0.25) is 0 Å². The van der Waals surface area contributed by atoms with Gasteiger partial charge in [-0.1, -0.05) is 60.9 Å². The molecule has 0 aliphatic heterocycles. The van der Waals surface area contributed by atoms with Crippen LogP contribution in [-0.2, 0) is 5.41 Å². The summed E-state index contributed by atoms with van der Waals surface area (Å²) in [6, 6.07) is 13.9. The van der Waals surface area contributed by atoms with Crippen LogP contribution in [0.5, 0.6) is 5.75 Å². The summed E-state index contributed by atoms with van der Waals surface area (Å²) < 4.78 is 10.8. The minimum absolute atomic E-state index is 0.0572. The largest absolute Gasteiger partial charge is 0.494 e. The van der Waals surface area contributed by atoms with Crippen molar-refractivity contribution in [1.82, 2.24) is 5.16 Å². The molecule has 0 amide bonds. The highest BCUT2D eigenvalue weighted by atomic mass is 35.5. The fourth-order valence-corrected chi connectivity index (χ4v) is 2.83. The maximum absolute atomic E-state index is 6.20. The number of nitrogens with one attached hydrogen (secondary N) is 1. The van der Waals surface area contributed by atoms with Crippen LogP contribution in [-0.4, -0.2) is 18.8 Å². The van der Waals surface area contributed by atoms with Gasteiger partial charge in [-0.15, -0.1) is 0 Å². The predicted molar refractivity (Wildman–Crippen MR) is 93.5 cm³/mol. The first-order valence-corrected chi connectivity index (χ1v) is 7.82. The van der Waals surface area contributed by atoms with Gasteiger partial charge >= 0.3 is 0 Å². The van der Waals surface area contributed by atoms with Gasteiger partial charge in [0.1, 0.15) is 5.39 Å². The second-order valence-electron chi connectivity index (χ2n) is 6.09. The van der Waals surface area contributed by atoms with E-state index in [9.17, 15) is 0 Å². The molecule has 0 bridgehead atoms. The van der Waals surface area contributed by atoms with Crippen LogP contribution in [0, 0.1) is 0 Å². The normalized spacial score (nSPS) is 11.7. The van der Waals surface area contributed by atoms with Crippen LogP contribution in [0.25, 0.3) is 11.0 Å². The molecule has 3 aromatic rings. The molecule has 1 N–H and O–H groups in total. The summed E-state index contributed by atoms with van der Waals surface area (Å²) in [6.07, 6.45) is 0. The Morgan fingerprint density at radius 2 is 1.91 bits per heavy atom. The van der Waals surface area contributed by atoms with Crippen molar-refractivity contribution in [1.29, 1.82) is 0 Å². The molecule has 0 unspecified atom stereocenters. The van der Waals surface area contributed by atoms with Crippen molar-refractivity contribution < 1.29 is 9.26 Å². The molecule has 120 valence electrons. The van der Waals surface area contributed by atoms with E-state index in [4.69, 9.17) is 20.9 Å². The van der Waals surface area contributed by atoms with E-state index in [1.54, 1.807) is 19.2 Å². The van der Waals surface area contributed by atoms with Crippen LogP contribution >= 0.6 is 11.6 Å². The summed E-state index contributed by atoms with van der Waals surface area (Å²) in [5, 5.41) is 8.79. The predicted octanol–water partition coefficient (Wildman–Crippen LogP) is 4.88. The summed E-state index contributed by atoms with van der Waals surface area (Å²) in [5.41, 5.74) is 1.84. The smallest absolute Gasteiger partial charge is 0.181 e. The maximum Gasteiger partial charge on any atom is 0.181 e. The quantitative estimate of drug-likeness (QED) is 0.724. The summed E-state index contributed by atoms with van der Waals surface area (Å²) in [6.45, 7) is 5.07. The number of rotatable bonds is 5. The molecule has 3 rings (SSSR count). The van der Waals surface area contributed by atoms with E-state index >= 15 is 0 Å². The van der Waals surface area contributed by atoms with Crippen molar-refractivity contribution in [2.24, 2.45) is 0 Å². The minimum atomic E-state index is -0.0572. The summed E-state index contributed by atoms with van der Waals surface area (Å²) in [4.78, 5) is 0. The van der Waals surface area contributed by atoms with Crippen LogP contribution in [0.4, 0.5) is 5.82 Å². The molecule has 0 atom stereocenters. The molecule has 0 fully saturated rings. The second kappa shape index (κ2) is 6.13. The monoisotopic (exact) mass is 330 g/mol. The van der Waals surface area contributed by atoms with Crippen LogP contribution < -0.4 is 10.1 Å². The van der Waals surface area contributed by atoms with Crippen molar-refractivity contribution in [3.8, 4) is 5.75 Å². The van der Waals surface area contributed by atoms with Gasteiger partial charge in [-0.05, 0) is 17.7 Å². The van der Waals surface area contributed by atoms with Crippen LogP contribution in [0.3, 0.4) is 0 Å². The van der Waals surface area contributed by atoms with E-state index in [1.165, 1.54) is 5.56 Å². The van der Waals surface area contributed by atoms with Crippen molar-refractivity contribution in [2.45, 2.75) is 19.3 Å². The van der Waals surface area contributed by atoms with Crippen LogP contribution in [0.15, 0.2) is 47.0 Å². The molecule has 5 heteroatoms. The van der Waals surface area contributed by atoms with Gasteiger partial charge in [0.25, 0.3) is 0 Å². The third kappa shape index (κ3) is 2.99. The highest BCUT2D eigenvalue weighted by Crippen LogP contribution is 2.38. The first-order chi connectivity index (χ1) is 11.0. The lowest BCUT2D eigenvalue weighted by atomic mass is 9.84. The molecule has 1 aromatic heterocycles. The number of aromatic nitrogens is 1. The molecule has 0 saturated heterocycles. The summed E-state index contributed by atoms with van der Waals surface area (Å²) >= 11 is 6.20. The minimum Gasteiger partial charge on any atom is -0.494 e. The zero-order chi connectivity index (χ0) is 16.4. The fourth-order valence-electron chi connectivity index (χ4n) is 2.60. The number of fused-ring (bicyclic) bond motifs is 1. The Balaban J connectivity index is 1.89. The number of hydrogen-bond acceptors (Lipinski definition) is 4. The van der Waals surface area contributed by atoms with E-state index in [2.05, 4.69) is 36.5 Å². The number of nitrogens with zero attached hydrogens (tertiary/aromatic N) is 1. The molecular weight excluding hydrogens is 312 g/mol. The van der Waals surface area contributed by atoms with Crippen LogP contribution in [0.1, 0.15) is 19.4 Å². The van der Waals surface area contributed by atoms with Gasteiger partial charge in [-0.2, -0.15) is 0 Å². The average molecular weight is 331 g/mol. The first kappa shape index (κ1) is 15.7. The lowest BCUT2D eigenvalue weighted by molar-refractivity contribution is 0.419. The standard InChI is InChI=1S/C18H19ClN2O2/c1-18(2,12-7-5-4-6-8-12)11-20-17-15-14(23-21-17)10-9-13(19)16(15)22-3/h4-10H,11H2,1-3H3,(H,20,21). The molecule has 4 nitrogen and oxygen atoms in total. The maximum atomic E-state index is 6.20. The van der Waals surface area contributed by atoms with Gasteiger partial charge in [-0.25, -0.2) is 0 Å². The molecule has 0 aliphatic carbocycles. The molecule has 23 heavy (non-hydrogen) atoms. The summed E-state index contributed by atoms with van der Waals surface area (Å²) in [5.74, 6) is 1.22.